The summed E-state index contributed by atoms with van der Waals surface area (Å²) < 4.78 is 0.778. The van der Waals surface area contributed by atoms with Crippen molar-refractivity contribution in [1.29, 1.82) is 0 Å². The number of phenolic OH excluding ortho intramolecular Hbond substituents is 2. The first kappa shape index (κ1) is 14.4. The second-order valence-electron chi connectivity index (χ2n) is 4.46. The summed E-state index contributed by atoms with van der Waals surface area (Å²) in [4.78, 5) is 11.4. The van der Waals surface area contributed by atoms with Crippen molar-refractivity contribution in [2.24, 2.45) is 0 Å². The first-order chi connectivity index (χ1) is 9.47. The third-order valence-corrected chi connectivity index (χ3v) is 3.55. The maximum absolute atomic E-state index is 11.4. The van der Waals surface area contributed by atoms with Gasteiger partial charge < -0.3 is 15.3 Å². The highest BCUT2D eigenvalue weighted by atomic mass is 79.9. The molecule has 0 aliphatic heterocycles. The number of halogens is 1. The van der Waals surface area contributed by atoms with Crippen LogP contribution in [0.5, 0.6) is 11.5 Å². The van der Waals surface area contributed by atoms with Crippen LogP contribution in [-0.2, 0) is 11.2 Å². The second kappa shape index (κ2) is 5.96. The molecule has 0 radical (unpaired) electrons. The summed E-state index contributed by atoms with van der Waals surface area (Å²) in [5.41, 5.74) is 1.13. The summed E-state index contributed by atoms with van der Waals surface area (Å²) in [6.07, 6.45) is 0.172. The van der Waals surface area contributed by atoms with Crippen molar-refractivity contribution >= 4 is 21.9 Å². The van der Waals surface area contributed by atoms with Crippen molar-refractivity contribution in [3.8, 4) is 11.5 Å². The minimum absolute atomic E-state index is 0.0678. The third kappa shape index (κ3) is 3.30. The number of aliphatic carboxylic acids is 1. The summed E-state index contributed by atoms with van der Waals surface area (Å²) in [7, 11) is 0. The van der Waals surface area contributed by atoms with Crippen molar-refractivity contribution < 1.29 is 20.1 Å². The molecule has 3 N–H and O–H groups in total. The Kier molecular flexibility index (Phi) is 4.29. The fourth-order valence-corrected chi connectivity index (χ4v) is 2.40. The minimum atomic E-state index is -0.977. The average molecular weight is 337 g/mol. The van der Waals surface area contributed by atoms with Gasteiger partial charge in [0.15, 0.2) is 0 Å². The molecule has 0 amide bonds. The standard InChI is InChI=1S/C15H13BrO4/c16-11-3-6-14(18)10(7-11)8-13(15(19)20)9-1-4-12(17)5-2-9/h1-7,13,17-18H,8H2,(H,19,20). The topological polar surface area (TPSA) is 77.8 Å². The number of hydrogen-bond donors (Lipinski definition) is 3. The van der Waals surface area contributed by atoms with Gasteiger partial charge in [-0.1, -0.05) is 28.1 Å². The zero-order chi connectivity index (χ0) is 14.7. The molecule has 2 rings (SSSR count). The third-order valence-electron chi connectivity index (χ3n) is 3.06. The van der Waals surface area contributed by atoms with E-state index in [1.54, 1.807) is 24.3 Å². The van der Waals surface area contributed by atoms with Crippen LogP contribution >= 0.6 is 15.9 Å². The first-order valence-electron chi connectivity index (χ1n) is 5.96. The number of rotatable bonds is 4. The highest BCUT2D eigenvalue weighted by Crippen LogP contribution is 2.29. The largest absolute Gasteiger partial charge is 0.508 e. The molecule has 1 atom stereocenters. The predicted molar refractivity (Wildman–Crippen MR) is 78.0 cm³/mol. The van der Waals surface area contributed by atoms with E-state index in [0.717, 1.165) is 4.47 Å². The summed E-state index contributed by atoms with van der Waals surface area (Å²) in [6, 6.07) is 11.0. The Labute approximate surface area is 124 Å². The molecule has 0 saturated carbocycles. The first-order valence-corrected chi connectivity index (χ1v) is 6.76. The fourth-order valence-electron chi connectivity index (χ4n) is 1.99. The van der Waals surface area contributed by atoms with E-state index in [1.807, 2.05) is 0 Å². The van der Waals surface area contributed by atoms with Crippen molar-refractivity contribution in [2.45, 2.75) is 12.3 Å². The number of phenols is 2. The lowest BCUT2D eigenvalue weighted by Gasteiger charge is -2.14. The fraction of sp³-hybridized carbons (Fsp3) is 0.133. The highest BCUT2D eigenvalue weighted by molar-refractivity contribution is 9.10. The van der Waals surface area contributed by atoms with Crippen LogP contribution in [-0.4, -0.2) is 21.3 Å². The molecule has 4 nitrogen and oxygen atoms in total. The second-order valence-corrected chi connectivity index (χ2v) is 5.38. The molecule has 5 heteroatoms. The predicted octanol–water partition coefficient (Wildman–Crippen LogP) is 3.27. The molecule has 0 heterocycles. The Hall–Kier alpha value is -2.01. The van der Waals surface area contributed by atoms with Crippen LogP contribution < -0.4 is 0 Å². The van der Waals surface area contributed by atoms with Gasteiger partial charge in [-0.05, 0) is 47.9 Å². The van der Waals surface area contributed by atoms with E-state index in [0.29, 0.717) is 11.1 Å². The lowest BCUT2D eigenvalue weighted by molar-refractivity contribution is -0.138. The van der Waals surface area contributed by atoms with Crippen molar-refractivity contribution in [1.82, 2.24) is 0 Å². The zero-order valence-corrected chi connectivity index (χ0v) is 12.0. The van der Waals surface area contributed by atoms with Gasteiger partial charge in [-0.3, -0.25) is 4.79 Å². The van der Waals surface area contributed by atoms with E-state index in [2.05, 4.69) is 15.9 Å². The zero-order valence-electron chi connectivity index (χ0n) is 10.5. The molecule has 0 spiro atoms. The molecule has 2 aromatic carbocycles. The van der Waals surface area contributed by atoms with Crippen molar-refractivity contribution in [2.75, 3.05) is 0 Å². The summed E-state index contributed by atoms with van der Waals surface area (Å²) in [6.45, 7) is 0. The molecule has 0 aromatic heterocycles. The van der Waals surface area contributed by atoms with Gasteiger partial charge in [0.25, 0.3) is 0 Å². The quantitative estimate of drug-likeness (QED) is 0.800. The van der Waals surface area contributed by atoms with Gasteiger partial charge >= 0.3 is 5.97 Å². The molecule has 0 saturated heterocycles. The lowest BCUT2D eigenvalue weighted by Crippen LogP contribution is -2.14. The number of hydrogen-bond acceptors (Lipinski definition) is 3. The Bertz CT molecular complexity index is 622. The van der Waals surface area contributed by atoms with Gasteiger partial charge in [0.2, 0.25) is 0 Å². The van der Waals surface area contributed by atoms with E-state index in [1.165, 1.54) is 18.2 Å². The molecule has 1 unspecified atom stereocenters. The van der Waals surface area contributed by atoms with Crippen LogP contribution in [0, 0.1) is 0 Å². The van der Waals surface area contributed by atoms with Crippen LogP contribution in [0.25, 0.3) is 0 Å². The number of benzene rings is 2. The molecule has 2 aromatic rings. The highest BCUT2D eigenvalue weighted by Gasteiger charge is 2.21. The smallest absolute Gasteiger partial charge is 0.311 e. The van der Waals surface area contributed by atoms with E-state index < -0.39 is 11.9 Å². The Morgan fingerprint density at radius 3 is 2.35 bits per heavy atom. The molecular weight excluding hydrogens is 324 g/mol. The number of aromatic hydroxyl groups is 2. The lowest BCUT2D eigenvalue weighted by atomic mass is 9.91. The van der Waals surface area contributed by atoms with Crippen LogP contribution in [0.15, 0.2) is 46.9 Å². The van der Waals surface area contributed by atoms with Gasteiger partial charge in [0, 0.05) is 4.47 Å². The number of carbonyl (C=O) groups is 1. The Balaban J connectivity index is 2.32. The van der Waals surface area contributed by atoms with Crippen LogP contribution in [0.1, 0.15) is 17.0 Å². The Morgan fingerprint density at radius 2 is 1.75 bits per heavy atom. The van der Waals surface area contributed by atoms with Crippen LogP contribution in [0.3, 0.4) is 0 Å². The monoisotopic (exact) mass is 336 g/mol. The van der Waals surface area contributed by atoms with Gasteiger partial charge in [0.05, 0.1) is 5.92 Å². The van der Waals surface area contributed by atoms with Gasteiger partial charge in [-0.2, -0.15) is 0 Å². The van der Waals surface area contributed by atoms with Crippen LogP contribution in [0.4, 0.5) is 0 Å². The Morgan fingerprint density at radius 1 is 1.10 bits per heavy atom. The average Bonchev–Trinajstić information content (AvgIpc) is 2.40. The normalized spacial score (nSPS) is 12.1. The summed E-state index contributed by atoms with van der Waals surface area (Å²) >= 11 is 3.30. The minimum Gasteiger partial charge on any atom is -0.508 e. The number of carboxylic acids is 1. The maximum atomic E-state index is 11.4. The van der Waals surface area contributed by atoms with E-state index in [-0.39, 0.29) is 17.9 Å². The molecule has 0 bridgehead atoms. The van der Waals surface area contributed by atoms with E-state index in [9.17, 15) is 20.1 Å². The summed E-state index contributed by atoms with van der Waals surface area (Å²) in [5, 5.41) is 28.4. The van der Waals surface area contributed by atoms with Gasteiger partial charge in [-0.15, -0.1) is 0 Å². The summed E-state index contributed by atoms with van der Waals surface area (Å²) in [5.74, 6) is -1.60. The number of carboxylic acid groups (broad SMARTS) is 1. The molecule has 0 aliphatic rings. The molecule has 0 aliphatic carbocycles. The molecule has 20 heavy (non-hydrogen) atoms. The van der Waals surface area contributed by atoms with Crippen molar-refractivity contribution in [3.05, 3.63) is 58.1 Å². The van der Waals surface area contributed by atoms with Gasteiger partial charge in [0.1, 0.15) is 11.5 Å². The molecule has 104 valence electrons. The molecular formula is C15H13BrO4. The van der Waals surface area contributed by atoms with E-state index in [4.69, 9.17) is 0 Å². The van der Waals surface area contributed by atoms with Crippen LogP contribution in [0.2, 0.25) is 0 Å². The SMILES string of the molecule is O=C(O)C(Cc1cc(Br)ccc1O)c1ccc(O)cc1. The molecule has 0 fully saturated rings. The van der Waals surface area contributed by atoms with E-state index >= 15 is 0 Å². The van der Waals surface area contributed by atoms with Crippen molar-refractivity contribution in [3.63, 3.8) is 0 Å². The van der Waals surface area contributed by atoms with Gasteiger partial charge in [-0.25, -0.2) is 0 Å². The maximum Gasteiger partial charge on any atom is 0.311 e.